The van der Waals surface area contributed by atoms with Crippen molar-refractivity contribution in [1.29, 1.82) is 0 Å². The van der Waals surface area contributed by atoms with Gasteiger partial charge < -0.3 is 9.72 Å². The second-order valence-corrected chi connectivity index (χ2v) is 4.15. The van der Waals surface area contributed by atoms with Crippen LogP contribution >= 0.6 is 0 Å². The number of carbonyl (C=O) groups excluding carboxylic acids is 1. The quantitative estimate of drug-likeness (QED) is 0.676. The number of carbonyl (C=O) groups is 1. The summed E-state index contributed by atoms with van der Waals surface area (Å²) in [5.74, 6) is -0.596. The topological polar surface area (TPSA) is 59.2 Å². The van der Waals surface area contributed by atoms with Crippen LogP contribution in [-0.2, 0) is 11.2 Å². The number of ether oxygens (including phenoxy) is 1. The summed E-state index contributed by atoms with van der Waals surface area (Å²) in [4.78, 5) is 26.2. The molecular weight excluding hydrogens is 242 g/mol. The van der Waals surface area contributed by atoms with E-state index in [-0.39, 0.29) is 12.2 Å². The Balaban J connectivity index is 2.52. The highest BCUT2D eigenvalue weighted by Gasteiger charge is 2.12. The Morgan fingerprint density at radius 3 is 2.89 bits per heavy atom. The predicted molar refractivity (Wildman–Crippen MR) is 74.4 cm³/mol. The number of H-pyrrole nitrogens is 1. The van der Waals surface area contributed by atoms with Crippen LogP contribution in [0.4, 0.5) is 0 Å². The number of hydrogen-bond acceptors (Lipinski definition) is 3. The van der Waals surface area contributed by atoms with Crippen LogP contribution in [0.15, 0.2) is 41.7 Å². The van der Waals surface area contributed by atoms with Gasteiger partial charge in [-0.1, -0.05) is 18.2 Å². The number of rotatable bonds is 4. The molecule has 0 fully saturated rings. The first-order chi connectivity index (χ1) is 9.15. The van der Waals surface area contributed by atoms with Crippen LogP contribution in [0.25, 0.3) is 10.9 Å². The third-order valence-corrected chi connectivity index (χ3v) is 2.79. The van der Waals surface area contributed by atoms with Crippen molar-refractivity contribution in [1.82, 2.24) is 4.98 Å². The van der Waals surface area contributed by atoms with E-state index in [1.54, 1.807) is 19.1 Å². The fraction of sp³-hybridized carbons (Fsp3) is 0.200. The Labute approximate surface area is 110 Å². The van der Waals surface area contributed by atoms with Gasteiger partial charge in [-0.25, -0.2) is 4.79 Å². The first-order valence-corrected chi connectivity index (χ1v) is 6.09. The Kier molecular flexibility index (Phi) is 3.80. The number of pyridine rings is 1. The summed E-state index contributed by atoms with van der Waals surface area (Å²) in [5, 5.41) is 0.801. The largest absolute Gasteiger partial charge is 0.462 e. The molecule has 0 aliphatic rings. The van der Waals surface area contributed by atoms with E-state index in [9.17, 15) is 9.59 Å². The molecule has 2 aromatic rings. The van der Waals surface area contributed by atoms with Gasteiger partial charge in [-0.3, -0.25) is 4.79 Å². The number of aromatic amines is 1. The zero-order valence-electron chi connectivity index (χ0n) is 10.7. The van der Waals surface area contributed by atoms with E-state index >= 15 is 0 Å². The number of nitrogens with one attached hydrogen (secondary N) is 1. The zero-order chi connectivity index (χ0) is 13.8. The maximum Gasteiger partial charge on any atom is 0.343 e. The average Bonchev–Trinajstić information content (AvgIpc) is 2.38. The summed E-state index contributed by atoms with van der Waals surface area (Å²) in [6.07, 6.45) is 2.53. The lowest BCUT2D eigenvalue weighted by molar-refractivity contribution is 0.0524. The number of benzene rings is 1. The Morgan fingerprint density at radius 2 is 2.21 bits per heavy atom. The molecule has 1 N–H and O–H groups in total. The second-order valence-electron chi connectivity index (χ2n) is 4.15. The van der Waals surface area contributed by atoms with Gasteiger partial charge in [-0.15, -0.1) is 6.58 Å². The molecular formula is C15H15NO3. The maximum atomic E-state index is 11.8. The molecule has 1 heterocycles. The number of hydrogen-bond donors (Lipinski definition) is 1. The minimum Gasteiger partial charge on any atom is -0.462 e. The lowest BCUT2D eigenvalue weighted by atomic mass is 10.1. The lowest BCUT2D eigenvalue weighted by Gasteiger charge is -2.04. The summed E-state index contributed by atoms with van der Waals surface area (Å²) >= 11 is 0. The van der Waals surface area contributed by atoms with Crippen LogP contribution in [0, 0.1) is 0 Å². The molecule has 0 saturated heterocycles. The lowest BCUT2D eigenvalue weighted by Crippen LogP contribution is -2.19. The van der Waals surface area contributed by atoms with Crippen molar-refractivity contribution in [3.63, 3.8) is 0 Å². The van der Waals surface area contributed by atoms with Crippen LogP contribution < -0.4 is 5.56 Å². The van der Waals surface area contributed by atoms with Gasteiger partial charge in [-0.2, -0.15) is 0 Å². The summed E-state index contributed by atoms with van der Waals surface area (Å²) in [6, 6.07) is 7.25. The molecule has 2 rings (SSSR count). The van der Waals surface area contributed by atoms with Crippen molar-refractivity contribution in [2.24, 2.45) is 0 Å². The minimum absolute atomic E-state index is 0.0332. The van der Waals surface area contributed by atoms with E-state index in [0.29, 0.717) is 5.52 Å². The zero-order valence-corrected chi connectivity index (χ0v) is 10.7. The van der Waals surface area contributed by atoms with E-state index in [1.165, 1.54) is 0 Å². The average molecular weight is 257 g/mol. The molecule has 19 heavy (non-hydrogen) atoms. The molecule has 0 radical (unpaired) electrons. The van der Waals surface area contributed by atoms with Crippen molar-refractivity contribution >= 4 is 16.9 Å². The first kappa shape index (κ1) is 13.1. The molecule has 0 saturated carbocycles. The third kappa shape index (κ3) is 2.73. The fourth-order valence-electron chi connectivity index (χ4n) is 1.90. The molecule has 0 unspecified atom stereocenters. The van der Waals surface area contributed by atoms with Crippen molar-refractivity contribution in [2.75, 3.05) is 6.61 Å². The van der Waals surface area contributed by atoms with Gasteiger partial charge in [0.1, 0.15) is 5.56 Å². The molecule has 0 amide bonds. The van der Waals surface area contributed by atoms with E-state index in [1.807, 2.05) is 18.2 Å². The van der Waals surface area contributed by atoms with Gasteiger partial charge in [0, 0.05) is 5.52 Å². The normalized spacial score (nSPS) is 10.4. The van der Waals surface area contributed by atoms with Crippen molar-refractivity contribution in [3.05, 3.63) is 58.4 Å². The van der Waals surface area contributed by atoms with Crippen molar-refractivity contribution in [2.45, 2.75) is 13.3 Å². The van der Waals surface area contributed by atoms with E-state index in [2.05, 4.69) is 11.6 Å². The fourth-order valence-corrected chi connectivity index (χ4v) is 1.90. The summed E-state index contributed by atoms with van der Waals surface area (Å²) in [7, 11) is 0. The van der Waals surface area contributed by atoms with Crippen LogP contribution in [0.1, 0.15) is 22.8 Å². The Morgan fingerprint density at radius 1 is 1.42 bits per heavy atom. The van der Waals surface area contributed by atoms with Crippen molar-refractivity contribution in [3.8, 4) is 0 Å². The van der Waals surface area contributed by atoms with E-state index in [4.69, 9.17) is 4.74 Å². The molecule has 4 heteroatoms. The van der Waals surface area contributed by atoms with Gasteiger partial charge in [0.05, 0.1) is 6.61 Å². The third-order valence-electron chi connectivity index (χ3n) is 2.79. The smallest absolute Gasteiger partial charge is 0.343 e. The van der Waals surface area contributed by atoms with Gasteiger partial charge in [0.15, 0.2) is 0 Å². The van der Waals surface area contributed by atoms with Gasteiger partial charge >= 0.3 is 5.97 Å². The standard InChI is InChI=1S/C15H15NO3/c1-3-5-10-6-7-11-9-12(15(18)19-4-2)14(17)16-13(11)8-10/h3,6-9H,1,4-5H2,2H3,(H,16,17). The second kappa shape index (κ2) is 5.52. The molecule has 1 aromatic heterocycles. The van der Waals surface area contributed by atoms with E-state index < -0.39 is 11.5 Å². The SMILES string of the molecule is C=CCc1ccc2cc(C(=O)OCC)c(=O)[nH]c2c1. The van der Waals surface area contributed by atoms with E-state index in [0.717, 1.165) is 17.4 Å². The molecule has 0 spiro atoms. The molecule has 1 aromatic carbocycles. The minimum atomic E-state index is -0.596. The molecule has 4 nitrogen and oxygen atoms in total. The molecule has 98 valence electrons. The molecule has 0 bridgehead atoms. The monoisotopic (exact) mass is 257 g/mol. The molecule has 0 aliphatic carbocycles. The van der Waals surface area contributed by atoms with Gasteiger partial charge in [-0.05, 0) is 36.4 Å². The van der Waals surface area contributed by atoms with Gasteiger partial charge in [0.25, 0.3) is 5.56 Å². The molecule has 0 aliphatic heterocycles. The summed E-state index contributed by atoms with van der Waals surface area (Å²) in [6.45, 7) is 5.63. The highest BCUT2D eigenvalue weighted by molar-refractivity contribution is 5.93. The molecule has 0 atom stereocenters. The van der Waals surface area contributed by atoms with Crippen LogP contribution in [0.3, 0.4) is 0 Å². The summed E-state index contributed by atoms with van der Waals surface area (Å²) in [5.41, 5.74) is 1.37. The van der Waals surface area contributed by atoms with Crippen LogP contribution in [0.5, 0.6) is 0 Å². The Bertz CT molecular complexity index is 685. The Hall–Kier alpha value is -2.36. The van der Waals surface area contributed by atoms with Gasteiger partial charge in [0.2, 0.25) is 0 Å². The highest BCUT2D eigenvalue weighted by Crippen LogP contribution is 2.14. The van der Waals surface area contributed by atoms with Crippen molar-refractivity contribution < 1.29 is 9.53 Å². The summed E-state index contributed by atoms with van der Waals surface area (Å²) < 4.78 is 4.85. The highest BCUT2D eigenvalue weighted by atomic mass is 16.5. The van der Waals surface area contributed by atoms with Crippen LogP contribution in [0.2, 0.25) is 0 Å². The van der Waals surface area contributed by atoms with Crippen LogP contribution in [-0.4, -0.2) is 17.6 Å². The predicted octanol–water partition coefficient (Wildman–Crippen LogP) is 2.43. The maximum absolute atomic E-state index is 11.8. The number of fused-ring (bicyclic) bond motifs is 1. The number of allylic oxidation sites excluding steroid dienone is 1. The number of esters is 1. The first-order valence-electron chi connectivity index (χ1n) is 6.09. The number of aromatic nitrogens is 1.